The van der Waals surface area contributed by atoms with E-state index in [1.807, 2.05) is 133 Å². The Hall–Kier alpha value is -6.04. The van der Waals surface area contributed by atoms with Gasteiger partial charge in [-0.1, -0.05) is 78.9 Å². The molecule has 6 rings (SSSR count). The number of nitrogens with one attached hydrogen (secondary N) is 1. The second kappa shape index (κ2) is 21.8. The van der Waals surface area contributed by atoms with E-state index < -0.39 is 26.3 Å². The average Bonchev–Trinajstić information content (AvgIpc) is 3.60. The van der Waals surface area contributed by atoms with Gasteiger partial charge in [-0.15, -0.1) is 0 Å². The maximum Gasteiger partial charge on any atom is 0.259 e. The van der Waals surface area contributed by atoms with E-state index in [1.165, 1.54) is 6.08 Å². The number of hydrogen-bond acceptors (Lipinski definition) is 9. The van der Waals surface area contributed by atoms with Gasteiger partial charge in [-0.25, -0.2) is 4.67 Å². The van der Waals surface area contributed by atoms with Crippen LogP contribution >= 0.6 is 8.53 Å². The summed E-state index contributed by atoms with van der Waals surface area (Å²) in [7, 11) is 1.60. The summed E-state index contributed by atoms with van der Waals surface area (Å²) >= 11 is 0. The summed E-state index contributed by atoms with van der Waals surface area (Å²) in [5.74, 6) is 1.16. The molecule has 0 aliphatic rings. The van der Waals surface area contributed by atoms with Crippen molar-refractivity contribution >= 4 is 42.3 Å². The lowest BCUT2D eigenvalue weighted by Gasteiger charge is -2.40. The summed E-state index contributed by atoms with van der Waals surface area (Å²) in [6.07, 6.45) is 2.81. The quantitative estimate of drug-likeness (QED) is 0.0325. The fourth-order valence-corrected chi connectivity index (χ4v) is 9.70. The minimum absolute atomic E-state index is 0.0128. The Kier molecular flexibility index (Phi) is 16.1. The molecule has 1 unspecified atom stereocenters. The standard InChI is InChI=1S/C51H56N5O6P/c1-36(2)56(37(3)4)63(61-32-14-31-53)62-38(5)47(54-50(57)34-55-48-19-12-11-18-45(48)46-33-39(15-13-30-52)20-29-49(46)55)35-60-51(40-16-9-8-10-17-40,41-21-25-43(58-6)26-22-41)42-23-27-44(59-7)28-24-42/h8-13,15-29,33,36-38,47H,14,32,34-35H2,1-7H3,(H,54,57)/b15-13+/t38-,47-,63?/m1/s1. The first-order valence-electron chi connectivity index (χ1n) is 21.1. The maximum absolute atomic E-state index is 14.7. The van der Waals surface area contributed by atoms with E-state index in [-0.39, 0.29) is 44.2 Å². The first kappa shape index (κ1) is 46.5. The summed E-state index contributed by atoms with van der Waals surface area (Å²) < 4.78 is 36.0. The third kappa shape index (κ3) is 10.8. The van der Waals surface area contributed by atoms with E-state index in [0.29, 0.717) is 11.5 Å². The first-order valence-corrected chi connectivity index (χ1v) is 22.3. The molecule has 1 heterocycles. The van der Waals surface area contributed by atoms with Crippen LogP contribution in [0.4, 0.5) is 0 Å². The molecule has 1 N–H and O–H groups in total. The number of rotatable bonds is 21. The molecule has 0 bridgehead atoms. The van der Waals surface area contributed by atoms with Gasteiger partial charge in [-0.2, -0.15) is 10.5 Å². The van der Waals surface area contributed by atoms with Crippen molar-refractivity contribution in [2.45, 2.75) is 77.4 Å². The molecule has 12 heteroatoms. The van der Waals surface area contributed by atoms with E-state index >= 15 is 0 Å². The van der Waals surface area contributed by atoms with Crippen LogP contribution in [0.15, 0.2) is 127 Å². The number of methoxy groups -OCH3 is 2. The number of para-hydroxylation sites is 1. The van der Waals surface area contributed by atoms with Crippen LogP contribution in [0.5, 0.6) is 11.5 Å². The second-order valence-corrected chi connectivity index (χ2v) is 17.1. The summed E-state index contributed by atoms with van der Waals surface area (Å²) in [6, 6.07) is 43.3. The Morgan fingerprint density at radius 1 is 0.778 bits per heavy atom. The van der Waals surface area contributed by atoms with Gasteiger partial charge < -0.3 is 33.1 Å². The van der Waals surface area contributed by atoms with Crippen LogP contribution < -0.4 is 14.8 Å². The number of carbonyl (C=O) groups is 1. The molecule has 3 atom stereocenters. The fraction of sp³-hybridized carbons (Fsp3) is 0.314. The van der Waals surface area contributed by atoms with Gasteiger partial charge in [0.2, 0.25) is 5.91 Å². The van der Waals surface area contributed by atoms with Crippen LogP contribution in [0.1, 0.15) is 63.3 Å². The van der Waals surface area contributed by atoms with Gasteiger partial charge in [-0.3, -0.25) is 4.79 Å². The summed E-state index contributed by atoms with van der Waals surface area (Å²) in [5, 5.41) is 23.9. The Morgan fingerprint density at radius 2 is 1.37 bits per heavy atom. The van der Waals surface area contributed by atoms with Crippen molar-refractivity contribution in [3.63, 3.8) is 0 Å². The molecule has 0 aliphatic carbocycles. The smallest absolute Gasteiger partial charge is 0.259 e. The molecule has 63 heavy (non-hydrogen) atoms. The van der Waals surface area contributed by atoms with Crippen LogP contribution in [-0.4, -0.2) is 66.8 Å². The van der Waals surface area contributed by atoms with Crippen molar-refractivity contribution in [1.82, 2.24) is 14.6 Å². The number of amides is 1. The number of nitrogens with zero attached hydrogens (tertiary/aromatic N) is 4. The number of ether oxygens (including phenoxy) is 3. The average molecular weight is 866 g/mol. The monoisotopic (exact) mass is 865 g/mol. The number of fused-ring (bicyclic) bond motifs is 3. The normalized spacial score (nSPS) is 13.3. The molecule has 0 saturated heterocycles. The highest BCUT2D eigenvalue weighted by Gasteiger charge is 2.40. The lowest BCUT2D eigenvalue weighted by Crippen LogP contribution is -2.49. The van der Waals surface area contributed by atoms with E-state index in [1.54, 1.807) is 20.3 Å². The molecule has 0 saturated carbocycles. The first-order chi connectivity index (χ1) is 30.5. The molecule has 11 nitrogen and oxygen atoms in total. The third-order valence-electron chi connectivity index (χ3n) is 10.9. The van der Waals surface area contributed by atoms with E-state index in [4.69, 9.17) is 28.5 Å². The predicted molar refractivity (Wildman–Crippen MR) is 250 cm³/mol. The molecule has 6 aromatic rings. The van der Waals surface area contributed by atoms with Gasteiger partial charge in [-0.05, 0) is 105 Å². The van der Waals surface area contributed by atoms with Gasteiger partial charge in [0, 0.05) is 40.0 Å². The molecule has 1 aromatic heterocycles. The maximum atomic E-state index is 14.7. The lowest BCUT2D eigenvalue weighted by molar-refractivity contribution is -0.124. The van der Waals surface area contributed by atoms with Crippen LogP contribution in [-0.2, 0) is 30.7 Å². The van der Waals surface area contributed by atoms with E-state index in [0.717, 1.165) is 44.1 Å². The molecule has 0 radical (unpaired) electrons. The zero-order chi connectivity index (χ0) is 44.9. The number of carbonyl (C=O) groups excluding carboxylic acids is 1. The molecular formula is C51H56N5O6P. The summed E-state index contributed by atoms with van der Waals surface area (Å²) in [6.45, 7) is 10.5. The highest BCUT2D eigenvalue weighted by Crippen LogP contribution is 2.48. The highest BCUT2D eigenvalue weighted by atomic mass is 31.2. The minimum Gasteiger partial charge on any atom is -0.497 e. The molecule has 326 valence electrons. The minimum atomic E-state index is -1.67. The molecule has 0 aliphatic heterocycles. The zero-order valence-corrected chi connectivity index (χ0v) is 37.9. The number of hydrogen-bond donors (Lipinski definition) is 1. The van der Waals surface area contributed by atoms with Crippen LogP contribution in [0.2, 0.25) is 0 Å². The van der Waals surface area contributed by atoms with Crippen molar-refractivity contribution in [3.05, 3.63) is 150 Å². The number of aromatic nitrogens is 1. The van der Waals surface area contributed by atoms with Gasteiger partial charge in [0.25, 0.3) is 8.53 Å². The fourth-order valence-electron chi connectivity index (χ4n) is 7.97. The van der Waals surface area contributed by atoms with Gasteiger partial charge in [0.15, 0.2) is 0 Å². The molecule has 5 aromatic carbocycles. The Bertz CT molecular complexity index is 2490. The number of allylic oxidation sites excluding steroid dienone is 1. The Morgan fingerprint density at radius 3 is 1.95 bits per heavy atom. The zero-order valence-electron chi connectivity index (χ0n) is 37.0. The van der Waals surface area contributed by atoms with Crippen LogP contribution in [0.25, 0.3) is 27.9 Å². The largest absolute Gasteiger partial charge is 0.497 e. The van der Waals surface area contributed by atoms with Crippen LogP contribution in [0, 0.1) is 22.7 Å². The SMILES string of the molecule is COc1ccc(C(OC[C@@H](NC(=O)Cn2c3ccccc3c3cc(/C=C/C#N)ccc32)[C@@H](C)OP(OCCC#N)N(C(C)C)C(C)C)(c2ccccc2)c2ccc(OC)cc2)cc1. The van der Waals surface area contributed by atoms with Crippen molar-refractivity contribution in [2.24, 2.45) is 0 Å². The van der Waals surface area contributed by atoms with Crippen molar-refractivity contribution < 1.29 is 28.1 Å². The third-order valence-corrected chi connectivity index (χ3v) is 13.2. The van der Waals surface area contributed by atoms with Crippen molar-refractivity contribution in [3.8, 4) is 23.6 Å². The van der Waals surface area contributed by atoms with Gasteiger partial charge >= 0.3 is 0 Å². The number of nitriles is 2. The molecule has 0 fully saturated rings. The van der Waals surface area contributed by atoms with Crippen LogP contribution in [0.3, 0.4) is 0 Å². The van der Waals surface area contributed by atoms with E-state index in [9.17, 15) is 10.1 Å². The Labute approximate surface area is 372 Å². The van der Waals surface area contributed by atoms with Gasteiger partial charge in [0.05, 0.1) is 58.1 Å². The predicted octanol–water partition coefficient (Wildman–Crippen LogP) is 10.5. The van der Waals surface area contributed by atoms with Crippen molar-refractivity contribution in [1.29, 1.82) is 10.5 Å². The molecule has 0 spiro atoms. The highest BCUT2D eigenvalue weighted by molar-refractivity contribution is 7.44. The second-order valence-electron chi connectivity index (χ2n) is 15.7. The molecular weight excluding hydrogens is 810 g/mol. The summed E-state index contributed by atoms with van der Waals surface area (Å²) in [5.41, 5.74) is 4.09. The van der Waals surface area contributed by atoms with Crippen molar-refractivity contribution in [2.75, 3.05) is 27.4 Å². The van der Waals surface area contributed by atoms with Gasteiger partial charge in [0.1, 0.15) is 23.6 Å². The Balaban J connectivity index is 1.43. The summed E-state index contributed by atoms with van der Waals surface area (Å²) in [4.78, 5) is 14.7. The molecule has 1 amide bonds. The number of benzene rings is 5. The topological polar surface area (TPSA) is 131 Å². The lowest BCUT2D eigenvalue weighted by atomic mass is 9.80. The van der Waals surface area contributed by atoms with E-state index in [2.05, 4.69) is 49.8 Å².